The van der Waals surface area contributed by atoms with E-state index in [1.54, 1.807) is 12.1 Å². The summed E-state index contributed by atoms with van der Waals surface area (Å²) in [5, 5.41) is 10.4. The Morgan fingerprint density at radius 3 is 3.07 bits per heavy atom. The van der Waals surface area contributed by atoms with Gasteiger partial charge in [0, 0.05) is 10.6 Å². The van der Waals surface area contributed by atoms with Gasteiger partial charge in [-0.25, -0.2) is 0 Å². The molecule has 0 fully saturated rings. The second-order valence-electron chi connectivity index (χ2n) is 3.31. The third-order valence-electron chi connectivity index (χ3n) is 2.26. The van der Waals surface area contributed by atoms with Crippen LogP contribution in [0.25, 0.3) is 0 Å². The molecule has 76 valence electrons. The summed E-state index contributed by atoms with van der Waals surface area (Å²) in [4.78, 5) is 0. The van der Waals surface area contributed by atoms with E-state index in [0.717, 1.165) is 28.6 Å². The molecule has 4 heteroatoms. The minimum Gasteiger partial charge on any atom is -0.492 e. The van der Waals surface area contributed by atoms with E-state index in [1.165, 1.54) is 0 Å². The molecule has 0 saturated carbocycles. The SMILES string of the molecule is O[C@@H]1CCCOc2c(Br)cc(Cl)cc21. The van der Waals surface area contributed by atoms with E-state index in [-0.39, 0.29) is 0 Å². The maximum atomic E-state index is 9.83. The van der Waals surface area contributed by atoms with Gasteiger partial charge in [0.05, 0.1) is 17.2 Å². The van der Waals surface area contributed by atoms with Crippen LogP contribution >= 0.6 is 27.5 Å². The molecule has 0 unspecified atom stereocenters. The molecule has 0 spiro atoms. The molecule has 0 radical (unpaired) electrons. The van der Waals surface area contributed by atoms with E-state index >= 15 is 0 Å². The summed E-state index contributed by atoms with van der Waals surface area (Å²) in [6, 6.07) is 3.54. The molecule has 2 nitrogen and oxygen atoms in total. The number of ether oxygens (including phenoxy) is 1. The molecule has 1 atom stereocenters. The van der Waals surface area contributed by atoms with Crippen molar-refractivity contribution < 1.29 is 9.84 Å². The van der Waals surface area contributed by atoms with Gasteiger partial charge in [0.2, 0.25) is 0 Å². The van der Waals surface area contributed by atoms with Crippen molar-refractivity contribution in [1.82, 2.24) is 0 Å². The van der Waals surface area contributed by atoms with Crippen molar-refractivity contribution in [3.05, 3.63) is 27.2 Å². The van der Waals surface area contributed by atoms with Crippen molar-refractivity contribution in [2.45, 2.75) is 18.9 Å². The normalized spacial score (nSPS) is 20.9. The van der Waals surface area contributed by atoms with Gasteiger partial charge in [-0.15, -0.1) is 0 Å². The van der Waals surface area contributed by atoms with Gasteiger partial charge in [-0.2, -0.15) is 0 Å². The van der Waals surface area contributed by atoms with Crippen LogP contribution in [0.5, 0.6) is 5.75 Å². The van der Waals surface area contributed by atoms with Gasteiger partial charge in [0.25, 0.3) is 0 Å². The van der Waals surface area contributed by atoms with Crippen LogP contribution in [0.4, 0.5) is 0 Å². The molecule has 0 saturated heterocycles. The fourth-order valence-electron chi connectivity index (χ4n) is 1.59. The fourth-order valence-corrected chi connectivity index (χ4v) is 2.53. The number of aliphatic hydroxyl groups is 1. The second kappa shape index (κ2) is 4.09. The summed E-state index contributed by atoms with van der Waals surface area (Å²) in [5.41, 5.74) is 0.780. The number of rotatable bonds is 0. The Hall–Kier alpha value is -0.250. The maximum absolute atomic E-state index is 9.83. The van der Waals surface area contributed by atoms with Gasteiger partial charge in [-0.05, 0) is 40.9 Å². The number of hydrogen-bond donors (Lipinski definition) is 1. The van der Waals surface area contributed by atoms with Crippen LogP contribution in [0.1, 0.15) is 24.5 Å². The molecule has 0 aliphatic carbocycles. The minimum atomic E-state index is -0.470. The quantitative estimate of drug-likeness (QED) is 0.788. The number of benzene rings is 1. The average Bonchev–Trinajstić information content (AvgIpc) is 2.29. The van der Waals surface area contributed by atoms with E-state index in [4.69, 9.17) is 16.3 Å². The van der Waals surface area contributed by atoms with Crippen molar-refractivity contribution in [1.29, 1.82) is 0 Å². The summed E-state index contributed by atoms with van der Waals surface area (Å²) in [6.45, 7) is 0.643. The highest BCUT2D eigenvalue weighted by atomic mass is 79.9. The minimum absolute atomic E-state index is 0.470. The van der Waals surface area contributed by atoms with E-state index in [2.05, 4.69) is 15.9 Å². The first-order valence-corrected chi connectivity index (χ1v) is 5.65. The monoisotopic (exact) mass is 276 g/mol. The highest BCUT2D eigenvalue weighted by molar-refractivity contribution is 9.10. The molecule has 1 aromatic carbocycles. The van der Waals surface area contributed by atoms with E-state index in [0.29, 0.717) is 11.6 Å². The first kappa shape index (κ1) is 10.3. The standard InChI is InChI=1S/C10H10BrClO2/c11-8-5-6(12)4-7-9(13)2-1-3-14-10(7)8/h4-5,9,13H,1-3H2/t9-/m1/s1. The number of halogens is 2. The van der Waals surface area contributed by atoms with E-state index in [1.807, 2.05) is 0 Å². The molecular formula is C10H10BrClO2. The second-order valence-corrected chi connectivity index (χ2v) is 4.60. The average molecular weight is 278 g/mol. The topological polar surface area (TPSA) is 29.5 Å². The maximum Gasteiger partial charge on any atom is 0.139 e. The van der Waals surface area contributed by atoms with Gasteiger partial charge in [0.1, 0.15) is 5.75 Å². The van der Waals surface area contributed by atoms with Crippen LogP contribution in [-0.4, -0.2) is 11.7 Å². The predicted molar refractivity (Wildman–Crippen MR) is 58.8 cm³/mol. The van der Waals surface area contributed by atoms with Gasteiger partial charge in [-0.1, -0.05) is 11.6 Å². The first-order valence-electron chi connectivity index (χ1n) is 4.48. The Labute approximate surface area is 96.0 Å². The zero-order valence-corrected chi connectivity index (χ0v) is 9.81. The lowest BCUT2D eigenvalue weighted by Crippen LogP contribution is -1.97. The van der Waals surface area contributed by atoms with Crippen LogP contribution in [0.2, 0.25) is 5.02 Å². The highest BCUT2D eigenvalue weighted by Crippen LogP contribution is 2.39. The molecular weight excluding hydrogens is 267 g/mol. The zero-order chi connectivity index (χ0) is 10.1. The first-order chi connectivity index (χ1) is 6.68. The van der Waals surface area contributed by atoms with Crippen molar-refractivity contribution in [3.63, 3.8) is 0 Å². The van der Waals surface area contributed by atoms with E-state index < -0.39 is 6.10 Å². The Bertz CT molecular complexity index is 354. The predicted octanol–water partition coefficient (Wildman–Crippen LogP) is 3.31. The van der Waals surface area contributed by atoms with Crippen LogP contribution < -0.4 is 4.74 Å². The van der Waals surface area contributed by atoms with Crippen LogP contribution in [0, 0.1) is 0 Å². The summed E-state index contributed by atoms with van der Waals surface area (Å²) < 4.78 is 6.35. The van der Waals surface area contributed by atoms with Gasteiger partial charge >= 0.3 is 0 Å². The molecule has 1 heterocycles. The molecule has 1 aliphatic rings. The Morgan fingerprint density at radius 2 is 2.29 bits per heavy atom. The fraction of sp³-hybridized carbons (Fsp3) is 0.400. The summed E-state index contributed by atoms with van der Waals surface area (Å²) in [5.74, 6) is 0.722. The molecule has 0 aromatic heterocycles. The van der Waals surface area contributed by atoms with Crippen molar-refractivity contribution in [2.75, 3.05) is 6.61 Å². The molecule has 0 amide bonds. The number of aliphatic hydroxyl groups excluding tert-OH is 1. The molecule has 1 aliphatic heterocycles. The number of hydrogen-bond acceptors (Lipinski definition) is 2. The molecule has 0 bridgehead atoms. The zero-order valence-electron chi connectivity index (χ0n) is 7.46. The Kier molecular flexibility index (Phi) is 3.00. The summed E-state index contributed by atoms with van der Waals surface area (Å²) in [7, 11) is 0. The molecule has 2 rings (SSSR count). The van der Waals surface area contributed by atoms with Crippen LogP contribution in [0.15, 0.2) is 16.6 Å². The Morgan fingerprint density at radius 1 is 1.50 bits per heavy atom. The third-order valence-corrected chi connectivity index (χ3v) is 3.07. The molecule has 1 N–H and O–H groups in total. The van der Waals surface area contributed by atoms with Crippen molar-refractivity contribution in [3.8, 4) is 5.75 Å². The smallest absolute Gasteiger partial charge is 0.139 e. The van der Waals surface area contributed by atoms with Gasteiger partial charge < -0.3 is 9.84 Å². The lowest BCUT2D eigenvalue weighted by atomic mass is 10.1. The Balaban J connectivity index is 2.53. The van der Waals surface area contributed by atoms with Gasteiger partial charge in [0.15, 0.2) is 0 Å². The summed E-state index contributed by atoms with van der Waals surface area (Å²) >= 11 is 9.28. The largest absolute Gasteiger partial charge is 0.492 e. The highest BCUT2D eigenvalue weighted by Gasteiger charge is 2.20. The van der Waals surface area contributed by atoms with Crippen molar-refractivity contribution in [2.24, 2.45) is 0 Å². The van der Waals surface area contributed by atoms with Crippen molar-refractivity contribution >= 4 is 27.5 Å². The van der Waals surface area contributed by atoms with Crippen LogP contribution in [0.3, 0.4) is 0 Å². The number of fused-ring (bicyclic) bond motifs is 1. The lowest BCUT2D eigenvalue weighted by molar-refractivity contribution is 0.167. The van der Waals surface area contributed by atoms with Crippen LogP contribution in [-0.2, 0) is 0 Å². The third kappa shape index (κ3) is 1.90. The molecule has 14 heavy (non-hydrogen) atoms. The molecule has 1 aromatic rings. The lowest BCUT2D eigenvalue weighted by Gasteiger charge is -2.12. The summed E-state index contributed by atoms with van der Waals surface area (Å²) in [6.07, 6.45) is 1.11. The van der Waals surface area contributed by atoms with Gasteiger partial charge in [-0.3, -0.25) is 0 Å². The van der Waals surface area contributed by atoms with E-state index in [9.17, 15) is 5.11 Å².